The summed E-state index contributed by atoms with van der Waals surface area (Å²) in [5.74, 6) is -1.01. The first kappa shape index (κ1) is 29.3. The number of hydrogen-bond donors (Lipinski definition) is 2. The van der Waals surface area contributed by atoms with Crippen LogP contribution in [0.25, 0.3) is 0 Å². The number of aliphatic hydroxyl groups excluding tert-OH is 1. The van der Waals surface area contributed by atoms with Gasteiger partial charge in [-0.1, -0.05) is 43.3 Å². The van der Waals surface area contributed by atoms with E-state index in [4.69, 9.17) is 9.47 Å². The second kappa shape index (κ2) is 12.7. The normalized spacial score (nSPS) is 20.8. The lowest BCUT2D eigenvalue weighted by molar-refractivity contribution is -0.140. The number of unbranched alkanes of at least 4 members (excludes halogenated alkanes) is 1. The number of carbonyl (C=O) groups excluding carboxylic acids is 3. The molecule has 4 rings (SSSR count). The van der Waals surface area contributed by atoms with E-state index in [0.717, 1.165) is 11.1 Å². The summed E-state index contributed by atoms with van der Waals surface area (Å²) in [5.41, 5.74) is 1.41. The smallest absolute Gasteiger partial charge is 0.305 e. The standard InChI is InChI=1S/C31H38N2O7/c1-21(9-8-12-28(35)33-19-23-11-5-4-10-22(23)17-24(33)20-34)31(38)26-18-25(39-2)14-15-27(26)32(30(31)37)16-7-6-13-29(36)40-3/h4-5,8-11,14-15,18,21,24,34,38H,6-7,12-13,16-17,19-20H2,1-3H3/b9-8+/t21-,24+,31+/m1/s1. The Bertz CT molecular complexity index is 1280. The maximum atomic E-state index is 13.7. The lowest BCUT2D eigenvalue weighted by atomic mass is 9.82. The van der Waals surface area contributed by atoms with Crippen molar-refractivity contribution in [2.75, 3.05) is 32.3 Å². The van der Waals surface area contributed by atoms with Crippen molar-refractivity contribution in [1.82, 2.24) is 4.90 Å². The Balaban J connectivity index is 1.48. The van der Waals surface area contributed by atoms with Gasteiger partial charge >= 0.3 is 5.97 Å². The van der Waals surface area contributed by atoms with Crippen LogP contribution in [0.2, 0.25) is 0 Å². The molecule has 0 radical (unpaired) electrons. The van der Waals surface area contributed by atoms with Gasteiger partial charge in [-0.15, -0.1) is 0 Å². The van der Waals surface area contributed by atoms with Gasteiger partial charge in [0.2, 0.25) is 5.91 Å². The van der Waals surface area contributed by atoms with Crippen molar-refractivity contribution in [3.8, 4) is 5.75 Å². The molecule has 9 nitrogen and oxygen atoms in total. The summed E-state index contributed by atoms with van der Waals surface area (Å²) in [6.07, 6.45) is 5.43. The number of nitrogens with zero attached hydrogens (tertiary/aromatic N) is 2. The monoisotopic (exact) mass is 550 g/mol. The number of benzene rings is 2. The highest BCUT2D eigenvalue weighted by atomic mass is 16.5. The molecule has 2 aliphatic rings. The number of fused-ring (bicyclic) bond motifs is 2. The minimum atomic E-state index is -1.84. The summed E-state index contributed by atoms with van der Waals surface area (Å²) in [5, 5.41) is 21.8. The summed E-state index contributed by atoms with van der Waals surface area (Å²) in [4.78, 5) is 41.5. The van der Waals surface area contributed by atoms with Gasteiger partial charge in [-0.25, -0.2) is 0 Å². The van der Waals surface area contributed by atoms with E-state index in [1.54, 1.807) is 47.1 Å². The van der Waals surface area contributed by atoms with Gasteiger partial charge in [-0.3, -0.25) is 14.4 Å². The van der Waals surface area contributed by atoms with Crippen molar-refractivity contribution in [2.45, 2.75) is 57.2 Å². The van der Waals surface area contributed by atoms with Gasteiger partial charge in [-0.2, -0.15) is 0 Å². The molecule has 0 unspecified atom stereocenters. The van der Waals surface area contributed by atoms with Crippen LogP contribution in [0.4, 0.5) is 5.69 Å². The van der Waals surface area contributed by atoms with Crippen LogP contribution in [-0.2, 0) is 37.7 Å². The zero-order valence-electron chi connectivity index (χ0n) is 23.3. The number of hydrogen-bond acceptors (Lipinski definition) is 7. The number of ether oxygens (including phenoxy) is 2. The summed E-state index contributed by atoms with van der Waals surface area (Å²) < 4.78 is 10.1. The number of esters is 1. The Morgan fingerprint density at radius 3 is 2.60 bits per heavy atom. The lowest BCUT2D eigenvalue weighted by Gasteiger charge is -2.36. The number of carbonyl (C=O) groups is 3. The van der Waals surface area contributed by atoms with Crippen LogP contribution < -0.4 is 9.64 Å². The molecular formula is C31H38N2O7. The third kappa shape index (κ3) is 5.76. The Morgan fingerprint density at radius 2 is 1.90 bits per heavy atom. The van der Waals surface area contributed by atoms with Gasteiger partial charge in [0.05, 0.1) is 32.6 Å². The molecular weight excluding hydrogens is 512 g/mol. The van der Waals surface area contributed by atoms with Crippen molar-refractivity contribution in [2.24, 2.45) is 5.92 Å². The Kier molecular flexibility index (Phi) is 9.27. The fourth-order valence-electron chi connectivity index (χ4n) is 5.59. The van der Waals surface area contributed by atoms with Crippen molar-refractivity contribution in [1.29, 1.82) is 0 Å². The molecule has 2 N–H and O–H groups in total. The molecule has 2 aliphatic heterocycles. The lowest BCUT2D eigenvalue weighted by Crippen LogP contribution is -2.46. The number of methoxy groups -OCH3 is 2. The number of amides is 2. The topological polar surface area (TPSA) is 117 Å². The van der Waals surface area contributed by atoms with E-state index in [1.807, 2.05) is 24.3 Å². The first-order valence-electron chi connectivity index (χ1n) is 13.7. The zero-order chi connectivity index (χ0) is 28.9. The van der Waals surface area contributed by atoms with Gasteiger partial charge in [0.15, 0.2) is 5.60 Å². The fraction of sp³-hybridized carbons (Fsp3) is 0.452. The molecule has 0 saturated carbocycles. The van der Waals surface area contributed by atoms with Crippen molar-refractivity contribution in [3.05, 3.63) is 71.3 Å². The second-order valence-corrected chi connectivity index (χ2v) is 10.4. The highest BCUT2D eigenvalue weighted by Crippen LogP contribution is 2.46. The van der Waals surface area contributed by atoms with Gasteiger partial charge in [0.25, 0.3) is 5.91 Å². The Hall–Kier alpha value is -3.69. The summed E-state index contributed by atoms with van der Waals surface area (Å²) >= 11 is 0. The third-order valence-corrected chi connectivity index (χ3v) is 7.98. The SMILES string of the molecule is COC(=O)CCCCN1C(=O)[C@](O)([C@H](C)/C=C/CC(=O)N2Cc3ccccc3C[C@H]2CO)c2cc(OC)ccc21. The average Bonchev–Trinajstić information content (AvgIpc) is 3.20. The van der Waals surface area contributed by atoms with E-state index in [2.05, 4.69) is 0 Å². The minimum Gasteiger partial charge on any atom is -0.497 e. The molecule has 3 atom stereocenters. The molecule has 0 fully saturated rings. The zero-order valence-corrected chi connectivity index (χ0v) is 23.3. The quantitative estimate of drug-likeness (QED) is 0.251. The number of anilines is 1. The molecule has 0 spiro atoms. The molecule has 2 heterocycles. The molecule has 214 valence electrons. The largest absolute Gasteiger partial charge is 0.497 e. The minimum absolute atomic E-state index is 0.0789. The summed E-state index contributed by atoms with van der Waals surface area (Å²) in [7, 11) is 2.87. The van der Waals surface area contributed by atoms with Crippen LogP contribution in [0.1, 0.15) is 49.3 Å². The third-order valence-electron chi connectivity index (χ3n) is 7.98. The van der Waals surface area contributed by atoms with Crippen LogP contribution in [0.15, 0.2) is 54.6 Å². The van der Waals surface area contributed by atoms with Crippen LogP contribution in [0.3, 0.4) is 0 Å². The van der Waals surface area contributed by atoms with E-state index >= 15 is 0 Å². The molecule has 9 heteroatoms. The molecule has 0 aromatic heterocycles. The highest BCUT2D eigenvalue weighted by molar-refractivity contribution is 6.07. The van der Waals surface area contributed by atoms with E-state index in [0.29, 0.717) is 49.4 Å². The first-order valence-corrected chi connectivity index (χ1v) is 13.7. The van der Waals surface area contributed by atoms with Gasteiger partial charge < -0.3 is 29.5 Å². The predicted molar refractivity (Wildman–Crippen MR) is 150 cm³/mol. The number of aliphatic hydroxyl groups is 2. The summed E-state index contributed by atoms with van der Waals surface area (Å²) in [6, 6.07) is 12.8. The van der Waals surface area contributed by atoms with Crippen LogP contribution in [0, 0.1) is 5.92 Å². The summed E-state index contributed by atoms with van der Waals surface area (Å²) in [6.45, 7) is 2.40. The molecule has 2 aromatic carbocycles. The van der Waals surface area contributed by atoms with Crippen molar-refractivity contribution >= 4 is 23.5 Å². The van der Waals surface area contributed by atoms with Gasteiger partial charge in [0, 0.05) is 37.4 Å². The Labute approximate surface area is 235 Å². The van der Waals surface area contributed by atoms with E-state index in [9.17, 15) is 24.6 Å². The van der Waals surface area contributed by atoms with Crippen LogP contribution >= 0.6 is 0 Å². The van der Waals surface area contributed by atoms with Crippen molar-refractivity contribution < 1.29 is 34.1 Å². The second-order valence-electron chi connectivity index (χ2n) is 10.4. The molecule has 2 aromatic rings. The molecule has 0 bridgehead atoms. The van der Waals surface area contributed by atoms with E-state index in [-0.39, 0.29) is 37.4 Å². The average molecular weight is 551 g/mol. The van der Waals surface area contributed by atoms with Gasteiger partial charge in [-0.05, 0) is 48.6 Å². The maximum Gasteiger partial charge on any atom is 0.305 e. The maximum absolute atomic E-state index is 13.7. The van der Waals surface area contributed by atoms with Crippen LogP contribution in [0.5, 0.6) is 5.75 Å². The highest BCUT2D eigenvalue weighted by Gasteiger charge is 2.52. The Morgan fingerprint density at radius 1 is 1.15 bits per heavy atom. The van der Waals surface area contributed by atoms with Crippen molar-refractivity contribution in [3.63, 3.8) is 0 Å². The van der Waals surface area contributed by atoms with E-state index in [1.165, 1.54) is 14.2 Å². The first-order chi connectivity index (χ1) is 19.2. The molecule has 0 aliphatic carbocycles. The molecule has 2 amide bonds. The fourth-order valence-corrected chi connectivity index (χ4v) is 5.59. The molecule has 0 saturated heterocycles. The number of rotatable bonds is 11. The molecule has 40 heavy (non-hydrogen) atoms. The predicted octanol–water partition coefficient (Wildman–Crippen LogP) is 3.10. The van der Waals surface area contributed by atoms with Crippen LogP contribution in [-0.4, -0.2) is 66.3 Å². The van der Waals surface area contributed by atoms with Gasteiger partial charge in [0.1, 0.15) is 5.75 Å². The van der Waals surface area contributed by atoms with E-state index < -0.39 is 17.4 Å².